The van der Waals surface area contributed by atoms with Gasteiger partial charge in [-0.25, -0.2) is 9.78 Å². The van der Waals surface area contributed by atoms with Crippen molar-refractivity contribution in [3.8, 4) is 5.88 Å². The van der Waals surface area contributed by atoms with Crippen LogP contribution in [-0.4, -0.2) is 66.9 Å². The summed E-state index contributed by atoms with van der Waals surface area (Å²) in [6, 6.07) is 2.05. The van der Waals surface area contributed by atoms with E-state index in [9.17, 15) is 18.0 Å². The summed E-state index contributed by atoms with van der Waals surface area (Å²) in [5, 5.41) is 5.88. The fourth-order valence-corrected chi connectivity index (χ4v) is 2.91. The number of rotatable bonds is 5. The van der Waals surface area contributed by atoms with Crippen molar-refractivity contribution in [2.75, 3.05) is 33.3 Å². The predicted molar refractivity (Wildman–Crippen MR) is 121 cm³/mol. The number of guanidine groups is 1. The molecule has 1 atom stereocenters. The first-order valence-corrected chi connectivity index (χ1v) is 9.59. The second kappa shape index (κ2) is 11.6. The predicted octanol–water partition coefficient (Wildman–Crippen LogP) is 3.27. The Morgan fingerprint density at radius 1 is 1.35 bits per heavy atom. The number of carbonyl (C=O) groups is 1. The molecule has 1 aliphatic rings. The lowest BCUT2D eigenvalue weighted by molar-refractivity contribution is -0.139. The molecule has 2 N–H and O–H groups in total. The zero-order valence-corrected chi connectivity index (χ0v) is 20.3. The Morgan fingerprint density at radius 2 is 2.06 bits per heavy atom. The number of ether oxygens (including phenoxy) is 2. The van der Waals surface area contributed by atoms with Crippen LogP contribution < -0.4 is 15.4 Å². The minimum atomic E-state index is -4.53. The van der Waals surface area contributed by atoms with Crippen molar-refractivity contribution >= 4 is 36.0 Å². The first kappa shape index (κ1) is 27.0. The van der Waals surface area contributed by atoms with E-state index in [0.29, 0.717) is 19.0 Å². The maximum Gasteiger partial charge on any atom is 0.421 e. The number of hydrogen-bond donors (Lipinski definition) is 2. The van der Waals surface area contributed by atoms with E-state index < -0.39 is 29.3 Å². The molecule has 1 aromatic heterocycles. The second-order valence-electron chi connectivity index (χ2n) is 7.75. The molecule has 1 aromatic rings. The summed E-state index contributed by atoms with van der Waals surface area (Å²) in [6.45, 7) is 6.81. The third-order valence-electron chi connectivity index (χ3n) is 4.12. The van der Waals surface area contributed by atoms with Crippen LogP contribution in [-0.2, 0) is 10.9 Å². The first-order chi connectivity index (χ1) is 14.0. The molecule has 8 nitrogen and oxygen atoms in total. The largest absolute Gasteiger partial charge is 0.475 e. The van der Waals surface area contributed by atoms with Gasteiger partial charge in [0, 0.05) is 26.3 Å². The number of alkyl carbamates (subject to hydrolysis) is 1. The molecule has 31 heavy (non-hydrogen) atoms. The number of aromatic nitrogens is 1. The Kier molecular flexibility index (Phi) is 10.1. The van der Waals surface area contributed by atoms with E-state index in [4.69, 9.17) is 9.47 Å². The van der Waals surface area contributed by atoms with Gasteiger partial charge in [-0.3, -0.25) is 4.99 Å². The average molecular weight is 559 g/mol. The van der Waals surface area contributed by atoms with Crippen LogP contribution in [0.2, 0.25) is 0 Å². The van der Waals surface area contributed by atoms with Gasteiger partial charge in [0.15, 0.2) is 5.96 Å². The standard InChI is InChI=1S/C19H28F3N5O3.HI/c1-18(2,3)30-17(28)26-13-7-10-27(12-13)16(23-4)25-9-11-29-15-14(19(20,21)22)6-5-8-24-15;/h5-6,8,13H,7,9-12H2,1-4H3,(H,23,25)(H,26,28);1H. The van der Waals surface area contributed by atoms with Crippen LogP contribution >= 0.6 is 24.0 Å². The van der Waals surface area contributed by atoms with Gasteiger partial charge in [-0.05, 0) is 39.3 Å². The van der Waals surface area contributed by atoms with Gasteiger partial charge in [-0.2, -0.15) is 13.2 Å². The number of pyridine rings is 1. The molecule has 1 saturated heterocycles. The van der Waals surface area contributed by atoms with Crippen LogP contribution in [0.1, 0.15) is 32.8 Å². The van der Waals surface area contributed by atoms with Crippen LogP contribution in [0.3, 0.4) is 0 Å². The van der Waals surface area contributed by atoms with Gasteiger partial charge in [0.1, 0.15) is 17.8 Å². The van der Waals surface area contributed by atoms with Crippen LogP contribution in [0.25, 0.3) is 0 Å². The normalized spacial score (nSPS) is 17.1. The summed E-state index contributed by atoms with van der Waals surface area (Å²) in [6.07, 6.45) is -3.03. The molecular weight excluding hydrogens is 530 g/mol. The Balaban J connectivity index is 0.00000480. The Morgan fingerprint density at radius 3 is 2.68 bits per heavy atom. The Bertz CT molecular complexity index is 756. The van der Waals surface area contributed by atoms with Crippen LogP contribution in [0.4, 0.5) is 18.0 Å². The second-order valence-corrected chi connectivity index (χ2v) is 7.75. The van der Waals surface area contributed by atoms with Crippen molar-refractivity contribution in [1.29, 1.82) is 0 Å². The van der Waals surface area contributed by atoms with Crippen molar-refractivity contribution in [2.24, 2.45) is 4.99 Å². The Hall–Kier alpha value is -1.99. The zero-order valence-electron chi connectivity index (χ0n) is 18.0. The number of aliphatic imine (C=N–C) groups is 1. The highest BCUT2D eigenvalue weighted by Crippen LogP contribution is 2.34. The lowest BCUT2D eigenvalue weighted by atomic mass is 10.2. The SMILES string of the molecule is CN=C(NCCOc1ncccc1C(F)(F)F)N1CCC(NC(=O)OC(C)(C)C)C1.I. The van der Waals surface area contributed by atoms with Crippen molar-refractivity contribution < 1.29 is 27.4 Å². The molecule has 0 radical (unpaired) electrons. The van der Waals surface area contributed by atoms with Crippen LogP contribution in [0, 0.1) is 0 Å². The van der Waals surface area contributed by atoms with Gasteiger partial charge in [0.05, 0.1) is 12.6 Å². The van der Waals surface area contributed by atoms with E-state index in [-0.39, 0.29) is 43.2 Å². The summed E-state index contributed by atoms with van der Waals surface area (Å²) in [7, 11) is 1.61. The molecule has 2 heterocycles. The maximum atomic E-state index is 13.0. The van der Waals surface area contributed by atoms with Crippen molar-refractivity contribution in [2.45, 2.75) is 45.0 Å². The molecule has 0 spiro atoms. The fourth-order valence-electron chi connectivity index (χ4n) is 2.91. The van der Waals surface area contributed by atoms with E-state index in [1.165, 1.54) is 12.3 Å². The van der Waals surface area contributed by atoms with Gasteiger partial charge in [-0.15, -0.1) is 24.0 Å². The first-order valence-electron chi connectivity index (χ1n) is 9.59. The number of likely N-dealkylation sites (tertiary alicyclic amines) is 1. The molecule has 0 bridgehead atoms. The van der Waals surface area contributed by atoms with Crippen LogP contribution in [0.15, 0.2) is 23.3 Å². The quantitative estimate of drug-likeness (QED) is 0.249. The summed E-state index contributed by atoms with van der Waals surface area (Å²) in [5.74, 6) is 0.119. The van der Waals surface area contributed by atoms with E-state index in [2.05, 4.69) is 20.6 Å². The smallest absolute Gasteiger partial charge is 0.421 e. The van der Waals surface area contributed by atoms with E-state index in [1.54, 1.807) is 27.8 Å². The minimum Gasteiger partial charge on any atom is -0.475 e. The van der Waals surface area contributed by atoms with Gasteiger partial charge < -0.3 is 25.0 Å². The molecule has 0 aromatic carbocycles. The number of nitrogens with zero attached hydrogens (tertiary/aromatic N) is 3. The molecule has 0 saturated carbocycles. The van der Waals surface area contributed by atoms with Crippen molar-refractivity contribution in [1.82, 2.24) is 20.5 Å². The van der Waals surface area contributed by atoms with E-state index in [0.717, 1.165) is 12.5 Å². The van der Waals surface area contributed by atoms with Gasteiger partial charge in [-0.1, -0.05) is 0 Å². The van der Waals surface area contributed by atoms with Gasteiger partial charge in [0.25, 0.3) is 0 Å². The fraction of sp³-hybridized carbons (Fsp3) is 0.632. The lowest BCUT2D eigenvalue weighted by Crippen LogP contribution is -2.45. The topological polar surface area (TPSA) is 88.1 Å². The molecular formula is C19H29F3IN5O3. The summed E-state index contributed by atoms with van der Waals surface area (Å²) < 4.78 is 49.3. The number of nitrogens with one attached hydrogen (secondary N) is 2. The molecule has 12 heteroatoms. The highest BCUT2D eigenvalue weighted by atomic mass is 127. The van der Waals surface area contributed by atoms with Crippen molar-refractivity contribution in [3.63, 3.8) is 0 Å². The number of amides is 1. The zero-order chi connectivity index (χ0) is 22.4. The number of halogens is 4. The number of hydrogen-bond acceptors (Lipinski definition) is 5. The third-order valence-corrected chi connectivity index (χ3v) is 4.12. The van der Waals surface area contributed by atoms with Gasteiger partial charge in [0.2, 0.25) is 5.88 Å². The van der Waals surface area contributed by atoms with Crippen molar-refractivity contribution in [3.05, 3.63) is 23.9 Å². The number of alkyl halides is 3. The summed E-state index contributed by atoms with van der Waals surface area (Å²) in [5.41, 5.74) is -1.48. The average Bonchev–Trinajstić information content (AvgIpc) is 3.07. The molecule has 1 aliphatic heterocycles. The molecule has 1 unspecified atom stereocenters. The highest BCUT2D eigenvalue weighted by Gasteiger charge is 2.35. The molecule has 176 valence electrons. The lowest BCUT2D eigenvalue weighted by Gasteiger charge is -2.23. The molecule has 1 amide bonds. The maximum absolute atomic E-state index is 13.0. The molecule has 2 rings (SSSR count). The Labute approximate surface area is 197 Å². The van der Waals surface area contributed by atoms with Gasteiger partial charge >= 0.3 is 12.3 Å². The highest BCUT2D eigenvalue weighted by molar-refractivity contribution is 14.0. The molecule has 1 fully saturated rings. The monoisotopic (exact) mass is 559 g/mol. The minimum absolute atomic E-state index is 0. The van der Waals surface area contributed by atoms with Crippen LogP contribution in [0.5, 0.6) is 5.88 Å². The molecule has 0 aliphatic carbocycles. The summed E-state index contributed by atoms with van der Waals surface area (Å²) in [4.78, 5) is 21.7. The van der Waals surface area contributed by atoms with E-state index in [1.807, 2.05) is 4.90 Å². The third kappa shape index (κ3) is 8.95. The van der Waals surface area contributed by atoms with E-state index >= 15 is 0 Å². The summed E-state index contributed by atoms with van der Waals surface area (Å²) >= 11 is 0. The number of carbonyl (C=O) groups excluding carboxylic acids is 1.